The molecule has 40 heavy (non-hydrogen) atoms. The largest absolute Gasteiger partial charge is 0.488 e. The van der Waals surface area contributed by atoms with Gasteiger partial charge in [0.15, 0.2) is 11.6 Å². The Morgan fingerprint density at radius 2 is 1.95 bits per heavy atom. The van der Waals surface area contributed by atoms with Crippen molar-refractivity contribution in [3.8, 4) is 5.75 Å². The van der Waals surface area contributed by atoms with Crippen LogP contribution in [0.1, 0.15) is 54.5 Å². The van der Waals surface area contributed by atoms with Crippen LogP contribution in [0.4, 0.5) is 20.7 Å². The molecule has 12 heteroatoms. The van der Waals surface area contributed by atoms with Crippen LogP contribution in [0.3, 0.4) is 0 Å². The molecule has 6 heterocycles. The molecule has 0 aliphatic carbocycles. The number of hydrogen-bond donors (Lipinski definition) is 2. The van der Waals surface area contributed by atoms with Crippen molar-refractivity contribution in [1.29, 1.82) is 0 Å². The number of thiophene rings is 1. The van der Waals surface area contributed by atoms with E-state index in [0.717, 1.165) is 23.9 Å². The number of ether oxygens (including phenoxy) is 2. The second-order valence-electron chi connectivity index (χ2n) is 11.8. The molecule has 2 fully saturated rings. The number of amides is 2. The lowest BCUT2D eigenvalue weighted by Gasteiger charge is -2.42. The molecule has 2 bridgehead atoms. The fraction of sp³-hybridized carbons (Fsp3) is 0.500. The molecule has 0 radical (unpaired) electrons. The number of nitrogens with zero attached hydrogens (tertiary/aromatic N) is 4. The minimum Gasteiger partial charge on any atom is -0.488 e. The predicted octanol–water partition coefficient (Wildman–Crippen LogP) is 4.04. The molecule has 3 aromatic rings. The van der Waals surface area contributed by atoms with Gasteiger partial charge in [-0.05, 0) is 52.7 Å². The van der Waals surface area contributed by atoms with Crippen LogP contribution in [0.5, 0.6) is 5.75 Å². The Morgan fingerprint density at radius 3 is 2.65 bits per heavy atom. The Bertz CT molecular complexity index is 1490. The number of fused-ring (bicyclic) bond motifs is 4. The van der Waals surface area contributed by atoms with E-state index in [1.165, 1.54) is 11.3 Å². The van der Waals surface area contributed by atoms with Crippen molar-refractivity contribution < 1.29 is 23.5 Å². The first-order valence-corrected chi connectivity index (χ1v) is 14.3. The van der Waals surface area contributed by atoms with E-state index in [9.17, 15) is 9.59 Å². The highest BCUT2D eigenvalue weighted by Gasteiger charge is 2.45. The van der Waals surface area contributed by atoms with Crippen molar-refractivity contribution in [3.05, 3.63) is 40.3 Å². The first-order valence-electron chi connectivity index (χ1n) is 13.5. The van der Waals surface area contributed by atoms with Crippen molar-refractivity contribution in [1.82, 2.24) is 20.2 Å². The summed E-state index contributed by atoms with van der Waals surface area (Å²) < 4.78 is 27.2. The Kier molecular flexibility index (Phi) is 6.47. The van der Waals surface area contributed by atoms with Gasteiger partial charge in [0.2, 0.25) is 5.82 Å². The number of carbonyl (C=O) groups is 2. The molecule has 10 nitrogen and oxygen atoms in total. The van der Waals surface area contributed by atoms with Crippen LogP contribution in [0.25, 0.3) is 10.2 Å². The predicted molar refractivity (Wildman–Crippen MR) is 151 cm³/mol. The molecule has 3 unspecified atom stereocenters. The summed E-state index contributed by atoms with van der Waals surface area (Å²) >= 11 is 1.25. The molecular formula is C28H33FN6O4S. The molecule has 3 atom stereocenters. The third-order valence-electron chi connectivity index (χ3n) is 7.59. The van der Waals surface area contributed by atoms with Gasteiger partial charge < -0.3 is 25.4 Å². The van der Waals surface area contributed by atoms with Crippen molar-refractivity contribution in [3.63, 3.8) is 0 Å². The lowest BCUT2D eigenvalue weighted by molar-refractivity contribution is 0.0122. The number of rotatable bonds is 3. The van der Waals surface area contributed by atoms with Gasteiger partial charge in [0.05, 0.1) is 23.8 Å². The number of hydrogen-bond acceptors (Lipinski definition) is 9. The average Bonchev–Trinajstić information content (AvgIpc) is 3.35. The van der Waals surface area contributed by atoms with E-state index < -0.39 is 11.4 Å². The van der Waals surface area contributed by atoms with E-state index in [-0.39, 0.29) is 48.3 Å². The Hall–Kier alpha value is -3.67. The summed E-state index contributed by atoms with van der Waals surface area (Å²) in [6.45, 7) is 8.51. The van der Waals surface area contributed by atoms with E-state index in [0.29, 0.717) is 40.5 Å². The number of nitrogens with two attached hydrogens (primary N) is 1. The summed E-state index contributed by atoms with van der Waals surface area (Å²) in [6.07, 6.45) is 3.36. The zero-order valence-corrected chi connectivity index (χ0v) is 23.8. The first-order chi connectivity index (χ1) is 19.0. The number of anilines is 2. The fourth-order valence-electron chi connectivity index (χ4n) is 5.82. The molecule has 0 spiro atoms. The maximum Gasteiger partial charge on any atom is 0.410 e. The van der Waals surface area contributed by atoms with E-state index in [4.69, 9.17) is 15.2 Å². The fourth-order valence-corrected chi connectivity index (χ4v) is 6.86. The van der Waals surface area contributed by atoms with Crippen molar-refractivity contribution in [2.45, 2.75) is 70.7 Å². The van der Waals surface area contributed by atoms with Gasteiger partial charge in [-0.15, -0.1) is 11.3 Å². The lowest BCUT2D eigenvalue weighted by Crippen LogP contribution is -2.57. The number of nitrogens with one attached hydrogen (secondary N) is 1. The third-order valence-corrected chi connectivity index (χ3v) is 8.70. The van der Waals surface area contributed by atoms with Crippen LogP contribution in [0.2, 0.25) is 0 Å². The molecule has 0 aromatic carbocycles. The molecule has 3 aliphatic heterocycles. The molecule has 2 saturated heterocycles. The number of carbonyl (C=O) groups excluding carboxylic acids is 2. The van der Waals surface area contributed by atoms with Gasteiger partial charge in [0, 0.05) is 42.4 Å². The second-order valence-corrected chi connectivity index (χ2v) is 12.8. The van der Waals surface area contributed by atoms with Gasteiger partial charge in [-0.2, -0.15) is 4.39 Å². The monoisotopic (exact) mass is 568 g/mol. The minimum absolute atomic E-state index is 0.0632. The highest BCUT2D eigenvalue weighted by molar-refractivity contribution is 7.21. The number of piperazine rings is 1. The minimum atomic E-state index is -0.574. The molecule has 3 aliphatic rings. The highest BCUT2D eigenvalue weighted by atomic mass is 32.1. The molecule has 2 amide bonds. The van der Waals surface area contributed by atoms with Gasteiger partial charge in [0.25, 0.3) is 5.91 Å². The van der Waals surface area contributed by atoms with Gasteiger partial charge in [-0.25, -0.2) is 14.8 Å². The number of nitrogen functional groups attached to an aromatic ring is 1. The van der Waals surface area contributed by atoms with Crippen LogP contribution in [0, 0.1) is 12.7 Å². The van der Waals surface area contributed by atoms with Crippen molar-refractivity contribution in [2.24, 2.45) is 0 Å². The SMILES string of the molecule is Cc1ccc2c(N)c(C(=O)NC3COc4c(cnc(N5CC6CCC(C5)N6C(=O)OC(C)(C)C)c4F)C3)sc2n1. The van der Waals surface area contributed by atoms with Crippen LogP contribution < -0.4 is 20.7 Å². The lowest BCUT2D eigenvalue weighted by atomic mass is 10.0. The topological polar surface area (TPSA) is 123 Å². The van der Waals surface area contributed by atoms with E-state index in [1.54, 1.807) is 6.20 Å². The molecular weight excluding hydrogens is 535 g/mol. The summed E-state index contributed by atoms with van der Waals surface area (Å²) in [5.41, 5.74) is 7.51. The molecule has 3 aromatic heterocycles. The quantitative estimate of drug-likeness (QED) is 0.485. The maximum atomic E-state index is 15.7. The van der Waals surface area contributed by atoms with E-state index in [2.05, 4.69) is 15.3 Å². The summed E-state index contributed by atoms with van der Waals surface area (Å²) in [6, 6.07) is 3.24. The third kappa shape index (κ3) is 4.78. The standard InChI is InChI=1S/C28H33FN6O4S/c1-14-5-8-19-21(30)23(40-26(19)32-14)25(36)33-16-9-15-10-31-24(20(29)22(15)38-13-16)34-11-17-6-7-18(12-34)35(17)27(37)39-28(2,3)4/h5,8,10,16-18H,6-7,9,11-13,30H2,1-4H3,(H,33,36). The van der Waals surface area contributed by atoms with Gasteiger partial charge >= 0.3 is 6.09 Å². The number of aryl methyl sites for hydroxylation is 1. The summed E-state index contributed by atoms with van der Waals surface area (Å²) in [5, 5.41) is 3.72. The van der Waals surface area contributed by atoms with Crippen LogP contribution >= 0.6 is 11.3 Å². The van der Waals surface area contributed by atoms with Crippen LogP contribution in [-0.2, 0) is 11.2 Å². The average molecular weight is 569 g/mol. The van der Waals surface area contributed by atoms with Crippen molar-refractivity contribution in [2.75, 3.05) is 30.3 Å². The van der Waals surface area contributed by atoms with Gasteiger partial charge in [-0.1, -0.05) is 0 Å². The second kappa shape index (κ2) is 9.76. The smallest absolute Gasteiger partial charge is 0.410 e. The van der Waals surface area contributed by atoms with E-state index in [1.807, 2.05) is 49.6 Å². The van der Waals surface area contributed by atoms with Crippen LogP contribution in [0.15, 0.2) is 18.3 Å². The molecule has 3 N–H and O–H groups in total. The normalized spacial score (nSPS) is 22.2. The Morgan fingerprint density at radius 1 is 1.23 bits per heavy atom. The van der Waals surface area contributed by atoms with Gasteiger partial charge in [0.1, 0.15) is 21.9 Å². The summed E-state index contributed by atoms with van der Waals surface area (Å²) in [4.78, 5) is 39.6. The number of pyridine rings is 2. The van der Waals surface area contributed by atoms with Crippen LogP contribution in [-0.4, -0.2) is 70.3 Å². The zero-order valence-electron chi connectivity index (χ0n) is 23.0. The maximum absolute atomic E-state index is 15.7. The Balaban J connectivity index is 1.14. The summed E-state index contributed by atoms with van der Waals surface area (Å²) in [5.74, 6) is -0.428. The molecule has 6 rings (SSSR count). The molecule has 0 saturated carbocycles. The number of aromatic nitrogens is 2. The highest BCUT2D eigenvalue weighted by Crippen LogP contribution is 2.38. The van der Waals surface area contributed by atoms with Crippen molar-refractivity contribution >= 4 is 45.1 Å². The van der Waals surface area contributed by atoms with E-state index >= 15 is 4.39 Å². The number of halogens is 1. The first kappa shape index (κ1) is 26.5. The zero-order chi connectivity index (χ0) is 28.3. The van der Waals surface area contributed by atoms with Gasteiger partial charge in [-0.3, -0.25) is 9.69 Å². The molecule has 212 valence electrons. The summed E-state index contributed by atoms with van der Waals surface area (Å²) in [7, 11) is 0. The Labute approximate surface area is 235 Å².